The van der Waals surface area contributed by atoms with Gasteiger partial charge in [0.1, 0.15) is 5.60 Å². The van der Waals surface area contributed by atoms with Crippen LogP contribution >= 0.6 is 0 Å². The van der Waals surface area contributed by atoms with Crippen molar-refractivity contribution in [3.63, 3.8) is 0 Å². The van der Waals surface area contributed by atoms with Crippen LogP contribution in [0, 0.1) is 0 Å². The second kappa shape index (κ2) is 4.31. The van der Waals surface area contributed by atoms with Crippen molar-refractivity contribution in [3.8, 4) is 0 Å². The van der Waals surface area contributed by atoms with Gasteiger partial charge in [0, 0.05) is 18.6 Å². The predicted octanol–water partition coefficient (Wildman–Crippen LogP) is 3.28. The molecule has 1 N–H and O–H groups in total. The minimum absolute atomic E-state index is 0.485. The van der Waals surface area contributed by atoms with Crippen molar-refractivity contribution in [1.82, 2.24) is 4.90 Å². The lowest BCUT2D eigenvalue weighted by Crippen LogP contribution is -2.33. The summed E-state index contributed by atoms with van der Waals surface area (Å²) in [6.07, 6.45) is 3.46. The lowest BCUT2D eigenvalue weighted by Gasteiger charge is -2.24. The second-order valence-electron chi connectivity index (χ2n) is 6.55. The van der Waals surface area contributed by atoms with E-state index in [1.165, 1.54) is 23.6 Å². The molecule has 104 valence electrons. The first-order valence-electron chi connectivity index (χ1n) is 7.63. The maximum absolute atomic E-state index is 11.1. The molecule has 2 fully saturated rings. The quantitative estimate of drug-likeness (QED) is 0.902. The van der Waals surface area contributed by atoms with Crippen LogP contribution in [-0.4, -0.2) is 28.6 Å². The highest BCUT2D eigenvalue weighted by Gasteiger charge is 2.46. The molecular weight excluding hydrogens is 246 g/mol. The van der Waals surface area contributed by atoms with Gasteiger partial charge in [-0.05, 0) is 48.6 Å². The Hall–Kier alpha value is -1.38. The van der Waals surface area contributed by atoms with Gasteiger partial charge in [0.05, 0.1) is 0 Å². The largest absolute Gasteiger partial charge is 0.384 e. The molecule has 2 atom stereocenters. The summed E-state index contributed by atoms with van der Waals surface area (Å²) in [6, 6.07) is 16.0. The predicted molar refractivity (Wildman–Crippen MR) is 81.7 cm³/mol. The average molecular weight is 267 g/mol. The zero-order valence-corrected chi connectivity index (χ0v) is 11.9. The molecule has 0 aromatic heterocycles. The fourth-order valence-corrected chi connectivity index (χ4v) is 3.71. The van der Waals surface area contributed by atoms with Gasteiger partial charge in [-0.25, -0.2) is 0 Å². The van der Waals surface area contributed by atoms with E-state index in [0.29, 0.717) is 6.04 Å². The lowest BCUT2D eigenvalue weighted by atomic mass is 9.90. The van der Waals surface area contributed by atoms with E-state index in [4.69, 9.17) is 0 Å². The van der Waals surface area contributed by atoms with Crippen molar-refractivity contribution < 1.29 is 5.11 Å². The van der Waals surface area contributed by atoms with Gasteiger partial charge in [0.2, 0.25) is 0 Å². The highest BCUT2D eigenvalue weighted by molar-refractivity contribution is 5.83. The molecule has 1 saturated carbocycles. The van der Waals surface area contributed by atoms with Crippen LogP contribution in [0.4, 0.5) is 0 Å². The van der Waals surface area contributed by atoms with Crippen molar-refractivity contribution in [3.05, 3.63) is 48.0 Å². The number of benzene rings is 2. The Labute approximate surface area is 120 Å². The Morgan fingerprint density at radius 3 is 2.60 bits per heavy atom. The summed E-state index contributed by atoms with van der Waals surface area (Å²) in [5.41, 5.74) is 0.401. The lowest BCUT2D eigenvalue weighted by molar-refractivity contribution is 0.0453. The van der Waals surface area contributed by atoms with Crippen LogP contribution in [-0.2, 0) is 5.60 Å². The fraction of sp³-hybridized carbons (Fsp3) is 0.444. The Bertz CT molecular complexity index is 649. The van der Waals surface area contributed by atoms with Gasteiger partial charge in [-0.15, -0.1) is 0 Å². The van der Waals surface area contributed by atoms with Crippen LogP contribution < -0.4 is 0 Å². The van der Waals surface area contributed by atoms with Crippen molar-refractivity contribution >= 4 is 10.8 Å². The van der Waals surface area contributed by atoms with E-state index in [1.807, 2.05) is 0 Å². The van der Waals surface area contributed by atoms with Crippen LogP contribution in [0.15, 0.2) is 42.5 Å². The molecule has 0 spiro atoms. The summed E-state index contributed by atoms with van der Waals surface area (Å²) >= 11 is 0. The number of β-amino-alcohol motifs (C(OH)–C–C–N with tert-alkyl or cyclic N) is 1. The highest BCUT2D eigenvalue weighted by atomic mass is 16.3. The minimum atomic E-state index is -0.675. The van der Waals surface area contributed by atoms with Crippen molar-refractivity contribution in [1.29, 1.82) is 0 Å². The number of hydrogen-bond donors (Lipinski definition) is 1. The van der Waals surface area contributed by atoms with Gasteiger partial charge in [-0.3, -0.25) is 4.90 Å². The van der Waals surface area contributed by atoms with E-state index >= 15 is 0 Å². The zero-order chi connectivity index (χ0) is 13.7. The monoisotopic (exact) mass is 267 g/mol. The summed E-state index contributed by atoms with van der Waals surface area (Å²) in [5.74, 6) is 0. The summed E-state index contributed by atoms with van der Waals surface area (Å²) in [5, 5.41) is 13.6. The van der Waals surface area contributed by atoms with Crippen LogP contribution in [0.3, 0.4) is 0 Å². The third kappa shape index (κ3) is 1.95. The van der Waals surface area contributed by atoms with E-state index in [-0.39, 0.29) is 0 Å². The number of hydrogen-bond acceptors (Lipinski definition) is 2. The Morgan fingerprint density at radius 1 is 1.10 bits per heavy atom. The Morgan fingerprint density at radius 2 is 1.85 bits per heavy atom. The van der Waals surface area contributed by atoms with Crippen LogP contribution in [0.1, 0.15) is 31.7 Å². The number of aliphatic hydroxyl groups is 1. The number of fused-ring (bicyclic) bond motifs is 1. The SMILES string of the molecule is CC1CC(O)(c2ccc3ccccc3c2)CN1C1CC1. The van der Waals surface area contributed by atoms with E-state index in [1.54, 1.807) is 0 Å². The first-order valence-corrected chi connectivity index (χ1v) is 7.63. The Balaban J connectivity index is 1.70. The summed E-state index contributed by atoms with van der Waals surface area (Å²) in [7, 11) is 0. The molecule has 0 amide bonds. The molecule has 20 heavy (non-hydrogen) atoms. The molecule has 1 aliphatic heterocycles. The first-order chi connectivity index (χ1) is 9.66. The first kappa shape index (κ1) is 12.4. The topological polar surface area (TPSA) is 23.5 Å². The maximum Gasteiger partial charge on any atom is 0.104 e. The number of nitrogens with zero attached hydrogens (tertiary/aromatic N) is 1. The van der Waals surface area contributed by atoms with Crippen LogP contribution in [0.2, 0.25) is 0 Å². The standard InChI is InChI=1S/C18H21NO/c1-13-11-18(20,12-19(13)17-8-9-17)16-7-6-14-4-2-3-5-15(14)10-16/h2-7,10,13,17,20H,8-9,11-12H2,1H3. The van der Waals surface area contributed by atoms with Gasteiger partial charge in [0.25, 0.3) is 0 Å². The molecule has 1 heterocycles. The van der Waals surface area contributed by atoms with Gasteiger partial charge in [0.15, 0.2) is 0 Å². The molecule has 1 aliphatic carbocycles. The smallest absolute Gasteiger partial charge is 0.104 e. The van der Waals surface area contributed by atoms with Gasteiger partial charge >= 0.3 is 0 Å². The van der Waals surface area contributed by atoms with Gasteiger partial charge in [-0.2, -0.15) is 0 Å². The van der Waals surface area contributed by atoms with E-state index in [2.05, 4.69) is 54.3 Å². The van der Waals surface area contributed by atoms with Crippen molar-refractivity contribution in [2.45, 2.75) is 43.9 Å². The van der Waals surface area contributed by atoms with Crippen LogP contribution in [0.5, 0.6) is 0 Å². The highest BCUT2D eigenvalue weighted by Crippen LogP contribution is 2.42. The molecule has 4 rings (SSSR count). The van der Waals surface area contributed by atoms with Crippen LogP contribution in [0.25, 0.3) is 10.8 Å². The van der Waals surface area contributed by atoms with Gasteiger partial charge < -0.3 is 5.11 Å². The van der Waals surface area contributed by atoms with Crippen molar-refractivity contribution in [2.24, 2.45) is 0 Å². The number of rotatable bonds is 2. The molecule has 2 aliphatic rings. The fourth-order valence-electron chi connectivity index (χ4n) is 3.71. The summed E-state index contributed by atoms with van der Waals surface area (Å²) in [6.45, 7) is 3.04. The Kier molecular flexibility index (Phi) is 2.66. The summed E-state index contributed by atoms with van der Waals surface area (Å²) < 4.78 is 0. The minimum Gasteiger partial charge on any atom is -0.384 e. The van der Waals surface area contributed by atoms with E-state index in [9.17, 15) is 5.11 Å². The second-order valence-corrected chi connectivity index (χ2v) is 6.55. The molecule has 2 unspecified atom stereocenters. The molecule has 2 heteroatoms. The normalized spacial score (nSPS) is 31.0. The number of likely N-dealkylation sites (tertiary alicyclic amines) is 1. The molecule has 2 nitrogen and oxygen atoms in total. The zero-order valence-electron chi connectivity index (χ0n) is 11.9. The van der Waals surface area contributed by atoms with Crippen molar-refractivity contribution in [2.75, 3.05) is 6.54 Å². The molecular formula is C18H21NO. The molecule has 1 saturated heterocycles. The average Bonchev–Trinajstić information content (AvgIpc) is 3.24. The molecule has 2 aromatic carbocycles. The van der Waals surface area contributed by atoms with Gasteiger partial charge in [-0.1, -0.05) is 36.4 Å². The van der Waals surface area contributed by atoms with E-state index < -0.39 is 5.60 Å². The molecule has 0 radical (unpaired) electrons. The third-order valence-electron chi connectivity index (χ3n) is 4.95. The molecule has 2 aromatic rings. The summed E-state index contributed by atoms with van der Waals surface area (Å²) in [4.78, 5) is 2.50. The molecule has 0 bridgehead atoms. The van der Waals surface area contributed by atoms with E-state index in [0.717, 1.165) is 24.6 Å². The maximum atomic E-state index is 11.1. The third-order valence-corrected chi connectivity index (χ3v) is 4.95.